The van der Waals surface area contributed by atoms with Gasteiger partial charge in [0, 0.05) is 49.0 Å². The molecule has 0 spiro atoms. The number of alkyl halides is 22. The maximum atomic E-state index is 12.3. The molecule has 0 atom stereocenters. The van der Waals surface area contributed by atoms with E-state index in [-0.39, 0.29) is 40.7 Å². The first-order valence-electron chi connectivity index (χ1n) is 37.5. The summed E-state index contributed by atoms with van der Waals surface area (Å²) >= 11 is 0. The third-order valence-electron chi connectivity index (χ3n) is 11.2. The van der Waals surface area contributed by atoms with Crippen LogP contribution in [0.15, 0.2) is 146 Å². The van der Waals surface area contributed by atoms with Gasteiger partial charge >= 0.3 is 43.6 Å². The first kappa shape index (κ1) is 138. The zero-order valence-corrected chi connectivity index (χ0v) is 73.7. The van der Waals surface area contributed by atoms with Crippen LogP contribution in [0.5, 0.6) is 0 Å². The lowest BCUT2D eigenvalue weighted by molar-refractivity contribution is -0.315. The SMILES string of the molecule is C.C.CC.CC.CC(C)/C=C/C(C)(C(F)(F)F)C(F)(F)F.CC(C)/C=C/c1ccccc1.CC(C)/C=C/c1ccccc1.CC(C)C.CC(C)C.CC(C)C#CC(C)(C(F)(F)F)C(F)(F)F.CC(C)C#Cc1ccccc1.CC(C)C#Cc1ccccc1.CC(C)C(F)(F)F.CC(C)F.CCC(C)C.COC(F)(F)F.COC(F)(F)F. The summed E-state index contributed by atoms with van der Waals surface area (Å²) in [4.78, 5) is 0. The highest BCUT2D eigenvalue weighted by atomic mass is 19.4. The van der Waals surface area contributed by atoms with Crippen LogP contribution < -0.4 is 0 Å². The molecule has 0 bridgehead atoms. The Hall–Kier alpha value is -6.84. The van der Waals surface area contributed by atoms with Gasteiger partial charge in [0.05, 0.1) is 6.17 Å². The van der Waals surface area contributed by atoms with Gasteiger partial charge in [0.25, 0.3) is 0 Å². The van der Waals surface area contributed by atoms with E-state index < -0.39 is 72.4 Å². The topological polar surface area (TPSA) is 18.5 Å². The molecule has 116 heavy (non-hydrogen) atoms. The van der Waals surface area contributed by atoms with E-state index in [1.807, 2.05) is 106 Å². The second-order valence-corrected chi connectivity index (χ2v) is 28.2. The van der Waals surface area contributed by atoms with Crippen LogP contribution in [0.3, 0.4) is 0 Å². The van der Waals surface area contributed by atoms with Crippen LogP contribution in [0, 0.1) is 106 Å². The van der Waals surface area contributed by atoms with Gasteiger partial charge in [0.2, 0.25) is 5.41 Å². The average Bonchev–Trinajstić information content (AvgIpc) is 0.782. The van der Waals surface area contributed by atoms with Gasteiger partial charge in [-0.3, -0.25) is 9.47 Å². The summed E-state index contributed by atoms with van der Waals surface area (Å²) in [5.74, 6) is 18.2. The second-order valence-electron chi connectivity index (χ2n) is 28.2. The van der Waals surface area contributed by atoms with Crippen LogP contribution in [0.4, 0.5) is 96.6 Å². The van der Waals surface area contributed by atoms with Crippen LogP contribution in [0.1, 0.15) is 258 Å². The Morgan fingerprint density at radius 1 is 0.353 bits per heavy atom. The monoisotopic (exact) mass is 1700 g/mol. The smallest absolute Gasteiger partial charge is 0.295 e. The minimum absolute atomic E-state index is 0. The van der Waals surface area contributed by atoms with Gasteiger partial charge < -0.3 is 0 Å². The van der Waals surface area contributed by atoms with E-state index in [9.17, 15) is 96.6 Å². The lowest BCUT2D eigenvalue weighted by Gasteiger charge is -2.31. The highest BCUT2D eigenvalue weighted by Gasteiger charge is 2.67. The third-order valence-corrected chi connectivity index (χ3v) is 11.2. The molecule has 4 rings (SSSR count). The van der Waals surface area contributed by atoms with Gasteiger partial charge in [-0.1, -0.05) is 377 Å². The molecule has 4 aromatic rings. The largest absolute Gasteiger partial charge is 0.522 e. The standard InChI is InChI=1S/2C11H14.2C11H12.C9H12F6.C9H10F6.C5H12.C4H7F3.2C4H10.C3H7F.2C2H3F3O.2C2H6.2CH4/c4*1-10(2)8-9-11-6-4-3-5-7-11;2*1-6(2)4-5-7(3,8(10,11)12)9(13,14)15;1-4-5(2)3;1-3(2)4(5,6)7;2*1-4(2)3;1-3(2)4;2*1-6-2(3,4)5;2*1-2;;/h2*3-10H,1-2H3;2*3-7,10H,1-2H3;4-6H,1-3H3;6H,1-3H3;5H,4H2,1-3H3;3H,1-2H3;2*4H,1-3H3;3H,1-2H3;2*1H3;2*1-2H3;2*1H4/b2*9-8+;;;5-4+;;;;;;;;;;;;. The Morgan fingerprint density at radius 3 is 0.698 bits per heavy atom. The zero-order valence-electron chi connectivity index (χ0n) is 73.7. The first-order chi connectivity index (χ1) is 51.5. The van der Waals surface area contributed by atoms with Crippen molar-refractivity contribution >= 4 is 12.2 Å². The molecule has 0 saturated heterocycles. The molecular formula is C92H146F22O2. The van der Waals surface area contributed by atoms with Gasteiger partial charge in [-0.05, 0) is 98.6 Å². The Labute approximate surface area is 688 Å². The lowest BCUT2D eigenvalue weighted by Crippen LogP contribution is -2.46. The van der Waals surface area contributed by atoms with Crippen molar-refractivity contribution in [3.05, 3.63) is 168 Å². The fourth-order valence-corrected chi connectivity index (χ4v) is 4.56. The van der Waals surface area contributed by atoms with Crippen molar-refractivity contribution in [2.24, 2.45) is 70.0 Å². The van der Waals surface area contributed by atoms with E-state index in [4.69, 9.17) is 0 Å². The highest BCUT2D eigenvalue weighted by Crippen LogP contribution is 2.51. The van der Waals surface area contributed by atoms with Crippen LogP contribution in [-0.4, -0.2) is 64.0 Å². The van der Waals surface area contributed by atoms with Gasteiger partial charge in [-0.2, -0.15) is 65.9 Å². The van der Waals surface area contributed by atoms with Crippen molar-refractivity contribution in [1.29, 1.82) is 0 Å². The summed E-state index contributed by atoms with van der Waals surface area (Å²) in [5, 5.41) is 0. The average molecular weight is 1700 g/mol. The van der Waals surface area contributed by atoms with Crippen molar-refractivity contribution in [2.75, 3.05) is 14.2 Å². The Balaban J connectivity index is -0.0000000914. The number of methoxy groups -OCH3 is 2. The number of hydrogen-bond donors (Lipinski definition) is 0. The fourth-order valence-electron chi connectivity index (χ4n) is 4.56. The molecule has 0 aromatic heterocycles. The van der Waals surface area contributed by atoms with Crippen molar-refractivity contribution in [3.8, 4) is 35.5 Å². The fraction of sp³-hybridized carbons (Fsp3) is 0.609. The molecule has 0 aliphatic heterocycles. The molecule has 0 aliphatic carbocycles. The Bertz CT molecular complexity index is 2840. The first-order valence-corrected chi connectivity index (χ1v) is 37.5. The predicted octanol–water partition coefficient (Wildman–Crippen LogP) is 34.8. The quantitative estimate of drug-likeness (QED) is 0.104. The zero-order chi connectivity index (χ0) is 92.9. The minimum Gasteiger partial charge on any atom is -0.295 e. The Morgan fingerprint density at radius 2 is 0.552 bits per heavy atom. The second kappa shape index (κ2) is 76.8. The minimum atomic E-state index is -5.42. The van der Waals surface area contributed by atoms with E-state index in [0.717, 1.165) is 48.8 Å². The summed E-state index contributed by atoms with van der Waals surface area (Å²) in [6.07, 6.45) is -24.0. The third kappa shape index (κ3) is 105. The van der Waals surface area contributed by atoms with E-state index in [1.165, 1.54) is 65.0 Å². The molecule has 0 N–H and O–H groups in total. The molecule has 2 nitrogen and oxygen atoms in total. The van der Waals surface area contributed by atoms with Gasteiger partial charge in [0.15, 0.2) is 5.41 Å². The molecule has 0 aliphatic rings. The van der Waals surface area contributed by atoms with Gasteiger partial charge in [-0.15, -0.1) is 26.3 Å². The van der Waals surface area contributed by atoms with Crippen LogP contribution in [0.2, 0.25) is 0 Å². The lowest BCUT2D eigenvalue weighted by atomic mass is 9.87. The molecule has 0 saturated carbocycles. The maximum Gasteiger partial charge on any atom is 0.522 e. The van der Waals surface area contributed by atoms with Crippen molar-refractivity contribution in [1.82, 2.24) is 0 Å². The molecule has 0 unspecified atom stereocenters. The van der Waals surface area contributed by atoms with E-state index in [2.05, 4.69) is 224 Å². The maximum absolute atomic E-state index is 12.3. The molecule has 0 heterocycles. The molecule has 0 fully saturated rings. The molecule has 24 heteroatoms. The molecule has 0 amide bonds. The van der Waals surface area contributed by atoms with Gasteiger partial charge in [-0.25, -0.2) is 4.39 Å². The molecule has 680 valence electrons. The number of hydrogen-bond acceptors (Lipinski definition) is 2. The number of benzene rings is 4. The summed E-state index contributed by atoms with van der Waals surface area (Å²) in [6, 6.07) is 40.8. The van der Waals surface area contributed by atoms with Crippen LogP contribution >= 0.6 is 0 Å². The number of ether oxygens (including phenoxy) is 2. The highest BCUT2D eigenvalue weighted by molar-refractivity contribution is 5.49. The summed E-state index contributed by atoms with van der Waals surface area (Å²) in [6.45, 7) is 56.0. The summed E-state index contributed by atoms with van der Waals surface area (Å²) < 4.78 is 261. The van der Waals surface area contributed by atoms with Gasteiger partial charge in [0.1, 0.15) is 0 Å². The molecule has 4 aromatic carbocycles. The van der Waals surface area contributed by atoms with Crippen molar-refractivity contribution < 1.29 is 106 Å². The summed E-state index contributed by atoms with van der Waals surface area (Å²) in [7, 11) is 1.17. The number of allylic oxidation sites excluding steroid dienone is 4. The molecule has 0 radical (unpaired) electrons. The molecular weight excluding hydrogens is 1550 g/mol. The summed E-state index contributed by atoms with van der Waals surface area (Å²) in [5.41, 5.74) is -2.97. The van der Waals surface area contributed by atoms with E-state index in [1.54, 1.807) is 0 Å². The van der Waals surface area contributed by atoms with Crippen LogP contribution in [0.25, 0.3) is 12.2 Å². The van der Waals surface area contributed by atoms with E-state index >= 15 is 0 Å². The van der Waals surface area contributed by atoms with Crippen molar-refractivity contribution in [3.63, 3.8) is 0 Å². The Kier molecular flexibility index (Phi) is 91.4. The van der Waals surface area contributed by atoms with Crippen molar-refractivity contribution in [2.45, 2.75) is 286 Å². The predicted molar refractivity (Wildman–Crippen MR) is 450 cm³/mol. The van der Waals surface area contributed by atoms with Crippen LogP contribution in [-0.2, 0) is 9.47 Å². The number of rotatable bonds is 7. The van der Waals surface area contributed by atoms with E-state index in [0.29, 0.717) is 37.9 Å². The normalized spacial score (nSPS) is 11.1. The number of halogens is 22.